The van der Waals surface area contributed by atoms with Crippen LogP contribution >= 0.6 is 0 Å². The van der Waals surface area contributed by atoms with Crippen molar-refractivity contribution in [2.45, 2.75) is 71.3 Å². The Hall–Kier alpha value is -2.02. The van der Waals surface area contributed by atoms with E-state index in [-0.39, 0.29) is 6.42 Å². The quantitative estimate of drug-likeness (QED) is 0.301. The summed E-state index contributed by atoms with van der Waals surface area (Å²) >= 11 is 0. The van der Waals surface area contributed by atoms with Gasteiger partial charge in [0.25, 0.3) is 6.10 Å². The van der Waals surface area contributed by atoms with Crippen molar-refractivity contribution < 1.29 is 63.4 Å². The van der Waals surface area contributed by atoms with Crippen LogP contribution in [0.2, 0.25) is 0 Å². The molecule has 30 heavy (non-hydrogen) atoms. The minimum atomic E-state index is -6.13. The molecule has 0 bridgehead atoms. The van der Waals surface area contributed by atoms with Crippen molar-refractivity contribution in [2.24, 2.45) is 11.3 Å². The van der Waals surface area contributed by atoms with Gasteiger partial charge in [0.05, 0.1) is 0 Å². The number of rotatable bonds is 8. The maximum atomic E-state index is 12.6. The molecule has 0 aromatic rings. The van der Waals surface area contributed by atoms with Crippen LogP contribution < -0.4 is 0 Å². The second-order valence-electron chi connectivity index (χ2n) is 6.94. The summed E-state index contributed by atoms with van der Waals surface area (Å²) in [4.78, 5) is 36.0. The molecule has 0 radical (unpaired) electrons. The molecule has 0 rings (SSSR count). The lowest BCUT2D eigenvalue weighted by molar-refractivity contribution is -0.314. The Labute approximate surface area is 164 Å². The number of Topliss-reactive ketones (excluding diaryl/α,β-unsaturated/α-hetero) is 1. The molecule has 0 spiro atoms. The number of hydrogen-bond donors (Lipinski definition) is 0. The van der Waals surface area contributed by atoms with Crippen LogP contribution in [-0.2, 0) is 23.9 Å². The number of ether oxygens (including phenoxy) is 2. The van der Waals surface area contributed by atoms with Gasteiger partial charge in [0, 0.05) is 11.8 Å². The lowest BCUT2D eigenvalue weighted by Crippen LogP contribution is -2.48. The molecule has 176 valence electrons. The topological polar surface area (TPSA) is 69.7 Å². The van der Waals surface area contributed by atoms with Crippen molar-refractivity contribution >= 4 is 17.7 Å². The summed E-state index contributed by atoms with van der Waals surface area (Å²) in [5.41, 5.74) is -1.29. The van der Waals surface area contributed by atoms with Crippen molar-refractivity contribution in [3.05, 3.63) is 0 Å². The van der Waals surface area contributed by atoms with Gasteiger partial charge in [-0.05, 0) is 13.3 Å². The standard InChI is InChI=1S/C16H19F9O5/c1-5-13(3,4)9(26)6-8(10(27)29-7(2)14(17,18)19)11(28)30-12(15(20,21)22)16(23,24)25/h7-8,12H,5-6H2,1-4H3. The number of halogens is 9. The molecular weight excluding hydrogens is 443 g/mol. The van der Waals surface area contributed by atoms with Crippen LogP contribution in [0.4, 0.5) is 39.5 Å². The molecule has 5 nitrogen and oxygen atoms in total. The molecule has 0 aliphatic rings. The van der Waals surface area contributed by atoms with Crippen molar-refractivity contribution in [1.82, 2.24) is 0 Å². The van der Waals surface area contributed by atoms with E-state index in [0.717, 1.165) is 0 Å². The minimum absolute atomic E-state index is 0.0787. The van der Waals surface area contributed by atoms with Gasteiger partial charge in [0.1, 0.15) is 5.78 Å². The molecule has 0 heterocycles. The average molecular weight is 462 g/mol. The van der Waals surface area contributed by atoms with Crippen LogP contribution in [-0.4, -0.2) is 48.5 Å². The van der Waals surface area contributed by atoms with E-state index in [0.29, 0.717) is 6.92 Å². The van der Waals surface area contributed by atoms with Crippen molar-refractivity contribution in [3.63, 3.8) is 0 Å². The first-order chi connectivity index (χ1) is 13.1. The van der Waals surface area contributed by atoms with E-state index >= 15 is 0 Å². The molecule has 0 fully saturated rings. The van der Waals surface area contributed by atoms with Gasteiger partial charge in [-0.1, -0.05) is 20.8 Å². The number of carbonyl (C=O) groups is 3. The highest BCUT2D eigenvalue weighted by Gasteiger charge is 2.60. The van der Waals surface area contributed by atoms with Gasteiger partial charge in [-0.3, -0.25) is 14.4 Å². The normalized spacial score (nSPS) is 15.5. The first-order valence-electron chi connectivity index (χ1n) is 8.29. The molecule has 0 aromatic heterocycles. The van der Waals surface area contributed by atoms with Crippen LogP contribution in [0.25, 0.3) is 0 Å². The van der Waals surface area contributed by atoms with Gasteiger partial charge in [-0.15, -0.1) is 0 Å². The van der Waals surface area contributed by atoms with E-state index in [9.17, 15) is 53.9 Å². The number of esters is 2. The zero-order valence-corrected chi connectivity index (χ0v) is 16.1. The van der Waals surface area contributed by atoms with Gasteiger partial charge in [0.15, 0.2) is 12.0 Å². The van der Waals surface area contributed by atoms with Gasteiger partial charge >= 0.3 is 30.5 Å². The lowest BCUT2D eigenvalue weighted by Gasteiger charge is -2.27. The van der Waals surface area contributed by atoms with Crippen LogP contribution in [0, 0.1) is 11.3 Å². The Morgan fingerprint density at radius 3 is 1.50 bits per heavy atom. The number of ketones is 1. The van der Waals surface area contributed by atoms with E-state index in [1.165, 1.54) is 20.8 Å². The van der Waals surface area contributed by atoms with Crippen molar-refractivity contribution in [3.8, 4) is 0 Å². The van der Waals surface area contributed by atoms with Gasteiger partial charge < -0.3 is 9.47 Å². The highest BCUT2D eigenvalue weighted by Crippen LogP contribution is 2.37. The zero-order valence-electron chi connectivity index (χ0n) is 16.1. The lowest BCUT2D eigenvalue weighted by atomic mass is 9.81. The third-order valence-electron chi connectivity index (χ3n) is 4.18. The maximum absolute atomic E-state index is 12.6. The second kappa shape index (κ2) is 9.41. The Morgan fingerprint density at radius 1 is 0.767 bits per heavy atom. The molecule has 14 heteroatoms. The fraction of sp³-hybridized carbons (Fsp3) is 0.812. The SMILES string of the molecule is CCC(C)(C)C(=O)CC(C(=O)OC(C)C(F)(F)F)C(=O)OC(C(F)(F)F)C(F)(F)F. The number of carbonyl (C=O) groups excluding carboxylic acids is 3. The average Bonchev–Trinajstić information content (AvgIpc) is 2.53. The largest absolute Gasteiger partial charge is 0.452 e. The molecule has 0 aromatic carbocycles. The molecule has 0 aliphatic heterocycles. The summed E-state index contributed by atoms with van der Waals surface area (Å²) in [5, 5.41) is 0. The third-order valence-corrected chi connectivity index (χ3v) is 4.18. The van der Waals surface area contributed by atoms with E-state index in [1.54, 1.807) is 0 Å². The van der Waals surface area contributed by atoms with E-state index in [4.69, 9.17) is 0 Å². The molecule has 0 saturated heterocycles. The number of hydrogen-bond acceptors (Lipinski definition) is 5. The summed E-state index contributed by atoms with van der Waals surface area (Å²) in [6.07, 6.45) is -26.1. The summed E-state index contributed by atoms with van der Waals surface area (Å²) in [5.74, 6) is -8.39. The Balaban J connectivity index is 5.89. The monoisotopic (exact) mass is 462 g/mol. The summed E-state index contributed by atoms with van der Waals surface area (Å²) in [7, 11) is 0. The summed E-state index contributed by atoms with van der Waals surface area (Å²) in [6, 6.07) is 0. The highest BCUT2D eigenvalue weighted by atomic mass is 19.4. The molecule has 0 aliphatic carbocycles. The molecule has 2 unspecified atom stereocenters. The van der Waals surface area contributed by atoms with Gasteiger partial charge in [-0.25, -0.2) is 0 Å². The Kier molecular flexibility index (Phi) is 8.78. The van der Waals surface area contributed by atoms with Crippen molar-refractivity contribution in [2.75, 3.05) is 0 Å². The van der Waals surface area contributed by atoms with Crippen LogP contribution in [0.15, 0.2) is 0 Å². The maximum Gasteiger partial charge on any atom is 0.434 e. The molecule has 2 atom stereocenters. The first kappa shape index (κ1) is 28.0. The molecular formula is C16H19F9O5. The van der Waals surface area contributed by atoms with Gasteiger partial charge in [0.2, 0.25) is 0 Å². The first-order valence-corrected chi connectivity index (χ1v) is 8.29. The Bertz CT molecular complexity index is 620. The second-order valence-corrected chi connectivity index (χ2v) is 6.94. The predicted octanol–water partition coefficient (Wildman–Crippen LogP) is 4.53. The van der Waals surface area contributed by atoms with Gasteiger partial charge in [-0.2, -0.15) is 39.5 Å². The third kappa shape index (κ3) is 8.01. The molecule has 0 amide bonds. The highest BCUT2D eigenvalue weighted by molar-refractivity contribution is 6.00. The smallest absolute Gasteiger partial charge is 0.434 e. The van der Waals surface area contributed by atoms with Crippen molar-refractivity contribution in [1.29, 1.82) is 0 Å². The Morgan fingerprint density at radius 2 is 1.17 bits per heavy atom. The van der Waals surface area contributed by atoms with Crippen LogP contribution in [0.1, 0.15) is 40.5 Å². The fourth-order valence-electron chi connectivity index (χ4n) is 1.76. The summed E-state index contributed by atoms with van der Waals surface area (Å²) < 4.78 is 120. The van der Waals surface area contributed by atoms with Crippen LogP contribution in [0.5, 0.6) is 0 Å². The molecule has 0 saturated carbocycles. The zero-order chi connectivity index (χ0) is 24.3. The minimum Gasteiger partial charge on any atom is -0.452 e. The predicted molar refractivity (Wildman–Crippen MR) is 80.8 cm³/mol. The van der Waals surface area contributed by atoms with E-state index in [2.05, 4.69) is 9.47 Å². The van der Waals surface area contributed by atoms with E-state index < -0.39 is 66.2 Å². The molecule has 0 N–H and O–H groups in total. The summed E-state index contributed by atoms with van der Waals surface area (Å²) in [6.45, 7) is 4.36. The fourth-order valence-corrected chi connectivity index (χ4v) is 1.76. The van der Waals surface area contributed by atoms with E-state index in [1.807, 2.05) is 0 Å². The number of alkyl halides is 9. The van der Waals surface area contributed by atoms with Crippen LogP contribution in [0.3, 0.4) is 0 Å².